The van der Waals surface area contributed by atoms with Gasteiger partial charge in [-0.1, -0.05) is 55.3 Å². The zero-order chi connectivity index (χ0) is 25.2. The predicted molar refractivity (Wildman–Crippen MR) is 125 cm³/mol. The molecule has 0 fully saturated rings. The summed E-state index contributed by atoms with van der Waals surface area (Å²) in [5.74, 6) is -1.00. The molecule has 3 atom stereocenters. The van der Waals surface area contributed by atoms with E-state index in [0.717, 1.165) is 23.7 Å². The van der Waals surface area contributed by atoms with Crippen LogP contribution in [0.15, 0.2) is 24.3 Å². The van der Waals surface area contributed by atoms with Crippen molar-refractivity contribution in [1.82, 2.24) is 5.32 Å². The number of thioether (sulfide) groups is 1. The largest absolute Gasteiger partial charge is 0.566 e. The number of carbonyl (C=O) groups is 3. The van der Waals surface area contributed by atoms with Gasteiger partial charge in [0.05, 0.1) is 17.9 Å². The second kappa shape index (κ2) is 13.7. The van der Waals surface area contributed by atoms with Crippen molar-refractivity contribution in [2.24, 2.45) is 11.3 Å². The highest BCUT2D eigenvalue weighted by Gasteiger charge is 2.33. The molecule has 0 spiro atoms. The lowest BCUT2D eigenvalue weighted by Crippen LogP contribution is -3.03. The molecule has 0 aliphatic rings. The topological polar surface area (TPSA) is 129 Å². The lowest BCUT2D eigenvalue weighted by molar-refractivity contribution is -1.21. The summed E-state index contributed by atoms with van der Waals surface area (Å²) < 4.78 is 5.06. The van der Waals surface area contributed by atoms with Gasteiger partial charge in [0, 0.05) is 5.75 Å². The van der Waals surface area contributed by atoms with Gasteiger partial charge in [0.1, 0.15) is 12.6 Å². The van der Waals surface area contributed by atoms with Crippen molar-refractivity contribution in [3.05, 3.63) is 40.6 Å². The molecule has 0 aliphatic carbocycles. The van der Waals surface area contributed by atoms with Crippen molar-refractivity contribution in [2.75, 3.05) is 19.0 Å². The molecule has 10 heteroatoms. The number of esters is 1. The van der Waals surface area contributed by atoms with Gasteiger partial charge in [0.25, 0.3) is 0 Å². The summed E-state index contributed by atoms with van der Waals surface area (Å²) in [5.41, 5.74) is 0.922. The maximum absolute atomic E-state index is 12.8. The number of hydrogen-bond acceptors (Lipinski definition) is 8. The molecule has 0 aliphatic heterocycles. The highest BCUT2D eigenvalue weighted by atomic mass is 32.2. The first-order chi connectivity index (χ1) is 15.4. The minimum Gasteiger partial charge on any atom is -0.566 e. The molecule has 0 bridgehead atoms. The average molecular weight is 485 g/mol. The minimum absolute atomic E-state index is 0.0417. The van der Waals surface area contributed by atoms with E-state index in [1.54, 1.807) is 27.7 Å². The quantitative estimate of drug-likeness (QED) is 0.286. The molecule has 3 N–H and O–H groups in total. The Morgan fingerprint density at radius 3 is 2.30 bits per heavy atom. The maximum atomic E-state index is 12.8. The first-order valence-corrected chi connectivity index (χ1v) is 11.9. The summed E-state index contributed by atoms with van der Waals surface area (Å²) in [6, 6.07) is 6.79. The second-order valence-electron chi connectivity index (χ2n) is 8.91. The smallest absolute Gasteiger partial charge is 0.329 e. The Kier molecular flexibility index (Phi) is 12.0. The fourth-order valence-electron chi connectivity index (χ4n) is 2.93. The van der Waals surface area contributed by atoms with E-state index in [-0.39, 0.29) is 30.0 Å². The zero-order valence-electron chi connectivity index (χ0n) is 20.2. The van der Waals surface area contributed by atoms with E-state index < -0.39 is 28.7 Å². The predicted octanol–water partition coefficient (Wildman–Crippen LogP) is 2.03. The van der Waals surface area contributed by atoms with E-state index in [2.05, 4.69) is 24.0 Å². The Morgan fingerprint density at radius 2 is 1.79 bits per heavy atom. The molecule has 0 aromatic heterocycles. The van der Waals surface area contributed by atoms with Crippen molar-refractivity contribution < 1.29 is 34.6 Å². The lowest BCUT2D eigenvalue weighted by Gasteiger charge is -2.24. The molecular weight excluding hydrogens is 448 g/mol. The van der Waals surface area contributed by atoms with Crippen LogP contribution in [-0.4, -0.2) is 47.2 Å². The van der Waals surface area contributed by atoms with Crippen molar-refractivity contribution in [3.8, 4) is 0 Å². The molecule has 9 nitrogen and oxygen atoms in total. The summed E-state index contributed by atoms with van der Waals surface area (Å²) in [7, 11) is 0. The molecule has 33 heavy (non-hydrogen) atoms. The fourth-order valence-corrected chi connectivity index (χ4v) is 3.92. The Bertz CT molecular complexity index is 782. The van der Waals surface area contributed by atoms with E-state index in [4.69, 9.17) is 9.94 Å². The number of amides is 1. The van der Waals surface area contributed by atoms with Gasteiger partial charge in [-0.25, -0.2) is 4.79 Å². The minimum atomic E-state index is -1.47. The Morgan fingerprint density at radius 1 is 1.18 bits per heavy atom. The third-order valence-corrected chi connectivity index (χ3v) is 6.21. The Hall–Kier alpha value is -1.98. The van der Waals surface area contributed by atoms with Crippen LogP contribution in [0.5, 0.6) is 0 Å². The van der Waals surface area contributed by atoms with Crippen LogP contribution < -0.4 is 10.7 Å². The molecule has 1 rings (SSSR count). The molecule has 3 unspecified atom stereocenters. The van der Waals surface area contributed by atoms with Crippen LogP contribution >= 0.6 is 11.8 Å². The molecule has 0 radical (unpaired) electrons. The van der Waals surface area contributed by atoms with Crippen molar-refractivity contribution in [2.45, 2.75) is 59.9 Å². The summed E-state index contributed by atoms with van der Waals surface area (Å²) >= 11 is 0.827. The number of carbonyl (C=O) groups excluding carboxylic acids is 3. The number of rotatable bonds is 13. The van der Waals surface area contributed by atoms with Crippen molar-refractivity contribution >= 4 is 28.8 Å². The van der Waals surface area contributed by atoms with Crippen molar-refractivity contribution in [3.63, 3.8) is 0 Å². The van der Waals surface area contributed by atoms with Crippen LogP contribution in [-0.2, 0) is 30.4 Å². The first-order valence-electron chi connectivity index (χ1n) is 11.0. The molecular formula is C23H36N2O7S. The number of hydrogen-bond donors (Lipinski definition) is 3. The van der Waals surface area contributed by atoms with Crippen LogP contribution in [0.2, 0.25) is 0 Å². The summed E-state index contributed by atoms with van der Waals surface area (Å²) in [4.78, 5) is 42.3. The van der Waals surface area contributed by atoms with Gasteiger partial charge < -0.3 is 15.3 Å². The standard InChI is InChI=1S/C23H36N2O7S/c1-7-31-21(27)19(13-33-22(28)23(5,6)14-32-25(29)30)24-20(26)16(4)18-10-8-17(9-11-18)12-15(2)3/h8-11,15-16,19,25,29H,7,12-14H2,1-6H3,(H,24,26). The third-order valence-electron chi connectivity index (χ3n) is 4.89. The summed E-state index contributed by atoms with van der Waals surface area (Å²) in [6.45, 7) is 10.6. The summed E-state index contributed by atoms with van der Waals surface area (Å²) in [6.07, 6.45) is 0.949. The number of benzene rings is 1. The van der Waals surface area contributed by atoms with Crippen LogP contribution in [0.4, 0.5) is 0 Å². The van der Waals surface area contributed by atoms with Gasteiger partial charge in [0.15, 0.2) is 5.12 Å². The second-order valence-corrected chi connectivity index (χ2v) is 9.90. The van der Waals surface area contributed by atoms with Gasteiger partial charge >= 0.3 is 5.97 Å². The molecule has 0 saturated carbocycles. The van der Waals surface area contributed by atoms with Gasteiger partial charge in [-0.3, -0.25) is 9.59 Å². The van der Waals surface area contributed by atoms with E-state index in [0.29, 0.717) is 5.92 Å². The number of nitrogens with one attached hydrogen (secondary N) is 2. The first kappa shape index (κ1) is 29.1. The fraction of sp³-hybridized carbons (Fsp3) is 0.609. The SMILES string of the molecule is CCOC(=O)C(CSC(=O)C(C)(C)CO[NH+]([O-])O)NC(=O)C(C)c1ccc(CC(C)C)cc1. The molecule has 1 aromatic rings. The van der Waals surface area contributed by atoms with E-state index in [1.807, 2.05) is 24.3 Å². The van der Waals surface area contributed by atoms with Crippen LogP contribution in [0.1, 0.15) is 58.6 Å². The average Bonchev–Trinajstić information content (AvgIpc) is 2.74. The van der Waals surface area contributed by atoms with Gasteiger partial charge in [-0.15, -0.1) is 0 Å². The Balaban J connectivity index is 2.81. The molecule has 186 valence electrons. The zero-order valence-corrected chi connectivity index (χ0v) is 21.0. The molecule has 1 amide bonds. The van der Waals surface area contributed by atoms with Gasteiger partial charge in [0.2, 0.25) is 5.91 Å². The number of ether oxygens (including phenoxy) is 1. The lowest BCUT2D eigenvalue weighted by atomic mass is 9.96. The Labute approximate surface area is 199 Å². The van der Waals surface area contributed by atoms with Crippen LogP contribution in [0.25, 0.3) is 0 Å². The van der Waals surface area contributed by atoms with E-state index in [1.165, 1.54) is 5.56 Å². The maximum Gasteiger partial charge on any atom is 0.329 e. The highest BCUT2D eigenvalue weighted by molar-refractivity contribution is 8.13. The van der Waals surface area contributed by atoms with Crippen LogP contribution in [0, 0.1) is 16.5 Å². The highest BCUT2D eigenvalue weighted by Crippen LogP contribution is 2.25. The molecule has 0 saturated heterocycles. The van der Waals surface area contributed by atoms with E-state index >= 15 is 0 Å². The third kappa shape index (κ3) is 10.2. The van der Waals surface area contributed by atoms with Gasteiger partial charge in [-0.05, 0) is 51.2 Å². The normalized spacial score (nSPS) is 14.5. The monoisotopic (exact) mass is 484 g/mol. The number of quaternary nitrogens is 1. The van der Waals surface area contributed by atoms with Crippen LogP contribution in [0.3, 0.4) is 0 Å². The van der Waals surface area contributed by atoms with Crippen molar-refractivity contribution in [1.29, 1.82) is 0 Å². The summed E-state index contributed by atoms with van der Waals surface area (Å²) in [5, 5.41) is 20.1. The molecule has 0 heterocycles. The van der Waals surface area contributed by atoms with Gasteiger partial charge in [-0.2, -0.15) is 10.0 Å². The molecule has 1 aromatic carbocycles. The van der Waals surface area contributed by atoms with E-state index in [9.17, 15) is 19.6 Å².